The lowest BCUT2D eigenvalue weighted by molar-refractivity contribution is 0.0644. The summed E-state index contributed by atoms with van der Waals surface area (Å²) in [6.45, 7) is 4.13. The zero-order chi connectivity index (χ0) is 14.0. The molecule has 0 aliphatic carbocycles. The van der Waals surface area contributed by atoms with Crippen molar-refractivity contribution in [1.82, 2.24) is 9.80 Å². The van der Waals surface area contributed by atoms with Crippen molar-refractivity contribution >= 4 is 21.8 Å². The summed E-state index contributed by atoms with van der Waals surface area (Å²) in [7, 11) is 4.03. The summed E-state index contributed by atoms with van der Waals surface area (Å²) in [5, 5.41) is 0. The van der Waals surface area contributed by atoms with Gasteiger partial charge in [-0.3, -0.25) is 4.79 Å². The molecule has 1 amide bonds. The molecule has 19 heavy (non-hydrogen) atoms. The quantitative estimate of drug-likeness (QED) is 0.835. The topological polar surface area (TPSA) is 23.6 Å². The maximum Gasteiger partial charge on any atom is 0.253 e. The first kappa shape index (κ1) is 14.5. The standard InChI is InChI=1S/C15H21BrN2O/c1-11-6-7-12(9-14(11)16)15(19)18(3)13-5-4-8-17(2)10-13/h6-7,9,13H,4-5,8,10H2,1-3H3. The molecular formula is C15H21BrN2O. The second kappa shape index (κ2) is 6.06. The number of amides is 1. The Morgan fingerprint density at radius 2 is 2.21 bits per heavy atom. The van der Waals surface area contributed by atoms with Crippen LogP contribution < -0.4 is 0 Å². The lowest BCUT2D eigenvalue weighted by Gasteiger charge is -2.35. The van der Waals surface area contributed by atoms with E-state index in [0.717, 1.165) is 41.5 Å². The second-order valence-electron chi connectivity index (χ2n) is 5.44. The Balaban J connectivity index is 2.11. The van der Waals surface area contributed by atoms with Gasteiger partial charge in [-0.05, 0) is 51.1 Å². The Bertz CT molecular complexity index is 475. The number of hydrogen-bond acceptors (Lipinski definition) is 2. The molecule has 1 atom stereocenters. The van der Waals surface area contributed by atoms with E-state index in [-0.39, 0.29) is 5.91 Å². The number of halogens is 1. The van der Waals surface area contributed by atoms with Crippen molar-refractivity contribution in [3.8, 4) is 0 Å². The minimum Gasteiger partial charge on any atom is -0.337 e. The average Bonchev–Trinajstić information content (AvgIpc) is 2.40. The number of rotatable bonds is 2. The lowest BCUT2D eigenvalue weighted by Crippen LogP contribution is -2.47. The van der Waals surface area contributed by atoms with Crippen LogP contribution >= 0.6 is 15.9 Å². The first-order valence-corrected chi connectivity index (χ1v) is 7.50. The van der Waals surface area contributed by atoms with Gasteiger partial charge in [-0.1, -0.05) is 22.0 Å². The summed E-state index contributed by atoms with van der Waals surface area (Å²) in [5.41, 5.74) is 1.91. The zero-order valence-corrected chi connectivity index (χ0v) is 13.4. The fourth-order valence-corrected chi connectivity index (χ4v) is 2.93. The third-order valence-corrected chi connectivity index (χ3v) is 4.74. The molecule has 1 aliphatic heterocycles. The first-order valence-electron chi connectivity index (χ1n) is 6.71. The molecule has 0 N–H and O–H groups in total. The van der Waals surface area contributed by atoms with Crippen LogP contribution in [-0.2, 0) is 0 Å². The highest BCUT2D eigenvalue weighted by Crippen LogP contribution is 2.20. The molecule has 0 radical (unpaired) electrons. The van der Waals surface area contributed by atoms with Gasteiger partial charge in [0.05, 0.1) is 0 Å². The van der Waals surface area contributed by atoms with Gasteiger partial charge in [-0.25, -0.2) is 0 Å². The van der Waals surface area contributed by atoms with Gasteiger partial charge in [0.1, 0.15) is 0 Å². The molecule has 1 aromatic carbocycles. The number of carbonyl (C=O) groups excluding carboxylic acids is 1. The zero-order valence-electron chi connectivity index (χ0n) is 11.8. The van der Waals surface area contributed by atoms with Crippen LogP contribution in [0.15, 0.2) is 22.7 Å². The van der Waals surface area contributed by atoms with Crippen molar-refractivity contribution < 1.29 is 4.79 Å². The SMILES string of the molecule is Cc1ccc(C(=O)N(C)C2CCCN(C)C2)cc1Br. The summed E-state index contributed by atoms with van der Waals surface area (Å²) in [6.07, 6.45) is 2.26. The number of piperidine rings is 1. The molecule has 0 aromatic heterocycles. The Labute approximate surface area is 123 Å². The van der Waals surface area contributed by atoms with E-state index in [9.17, 15) is 4.79 Å². The number of nitrogens with zero attached hydrogens (tertiary/aromatic N) is 2. The Hall–Kier alpha value is -0.870. The van der Waals surface area contributed by atoms with E-state index in [0.29, 0.717) is 6.04 Å². The second-order valence-corrected chi connectivity index (χ2v) is 6.29. The van der Waals surface area contributed by atoms with Crippen LogP contribution in [0, 0.1) is 6.92 Å². The predicted molar refractivity (Wildman–Crippen MR) is 81.5 cm³/mol. The molecule has 2 rings (SSSR count). The van der Waals surface area contributed by atoms with Gasteiger partial charge in [0.25, 0.3) is 5.91 Å². The third kappa shape index (κ3) is 3.37. The molecule has 0 saturated carbocycles. The summed E-state index contributed by atoms with van der Waals surface area (Å²) in [5.74, 6) is 0.112. The van der Waals surface area contributed by atoms with Gasteiger partial charge in [0, 0.05) is 29.7 Å². The summed E-state index contributed by atoms with van der Waals surface area (Å²) in [6, 6.07) is 6.14. The molecule has 1 fully saturated rings. The predicted octanol–water partition coefficient (Wildman–Crippen LogP) is 2.92. The molecule has 0 bridgehead atoms. The van der Waals surface area contributed by atoms with Gasteiger partial charge in [-0.15, -0.1) is 0 Å². The normalized spacial score (nSPS) is 20.3. The van der Waals surface area contributed by atoms with E-state index in [1.165, 1.54) is 0 Å². The van der Waals surface area contributed by atoms with Crippen molar-refractivity contribution in [2.75, 3.05) is 27.2 Å². The average molecular weight is 325 g/mol. The van der Waals surface area contributed by atoms with E-state index in [4.69, 9.17) is 0 Å². The van der Waals surface area contributed by atoms with Crippen LogP contribution in [0.25, 0.3) is 0 Å². The van der Waals surface area contributed by atoms with E-state index < -0.39 is 0 Å². The minimum atomic E-state index is 0.112. The van der Waals surface area contributed by atoms with Crippen molar-refractivity contribution in [3.05, 3.63) is 33.8 Å². The van der Waals surface area contributed by atoms with Gasteiger partial charge < -0.3 is 9.80 Å². The van der Waals surface area contributed by atoms with E-state index in [2.05, 4.69) is 27.9 Å². The number of hydrogen-bond donors (Lipinski definition) is 0. The molecule has 104 valence electrons. The molecule has 1 aliphatic rings. The number of likely N-dealkylation sites (N-methyl/N-ethyl adjacent to an activating group) is 2. The number of carbonyl (C=O) groups is 1. The monoisotopic (exact) mass is 324 g/mol. The molecule has 1 saturated heterocycles. The number of aryl methyl sites for hydroxylation is 1. The van der Waals surface area contributed by atoms with Crippen molar-refractivity contribution in [2.24, 2.45) is 0 Å². The lowest BCUT2D eigenvalue weighted by atomic mass is 10.0. The van der Waals surface area contributed by atoms with Crippen molar-refractivity contribution in [2.45, 2.75) is 25.8 Å². The first-order chi connectivity index (χ1) is 8.99. The summed E-state index contributed by atoms with van der Waals surface area (Å²) >= 11 is 3.49. The van der Waals surface area contributed by atoms with E-state index >= 15 is 0 Å². The van der Waals surface area contributed by atoms with Crippen LogP contribution in [0.3, 0.4) is 0 Å². The largest absolute Gasteiger partial charge is 0.337 e. The minimum absolute atomic E-state index is 0.112. The fraction of sp³-hybridized carbons (Fsp3) is 0.533. The van der Waals surface area contributed by atoms with Crippen LogP contribution in [0.1, 0.15) is 28.8 Å². The Morgan fingerprint density at radius 3 is 2.84 bits per heavy atom. The van der Waals surface area contributed by atoms with Crippen LogP contribution in [-0.4, -0.2) is 48.9 Å². The molecule has 3 nitrogen and oxygen atoms in total. The highest BCUT2D eigenvalue weighted by atomic mass is 79.9. The fourth-order valence-electron chi connectivity index (χ4n) is 2.55. The number of likely N-dealkylation sites (tertiary alicyclic amines) is 1. The maximum absolute atomic E-state index is 12.5. The van der Waals surface area contributed by atoms with Crippen molar-refractivity contribution in [1.29, 1.82) is 0 Å². The Kier molecular flexibility index (Phi) is 4.63. The van der Waals surface area contributed by atoms with Gasteiger partial charge in [0.2, 0.25) is 0 Å². The van der Waals surface area contributed by atoms with Crippen LogP contribution in [0.5, 0.6) is 0 Å². The van der Waals surface area contributed by atoms with Crippen LogP contribution in [0.2, 0.25) is 0 Å². The maximum atomic E-state index is 12.5. The van der Waals surface area contributed by atoms with Gasteiger partial charge in [0.15, 0.2) is 0 Å². The highest BCUT2D eigenvalue weighted by molar-refractivity contribution is 9.10. The third-order valence-electron chi connectivity index (χ3n) is 3.89. The van der Waals surface area contributed by atoms with Crippen LogP contribution in [0.4, 0.5) is 0 Å². The van der Waals surface area contributed by atoms with E-state index in [1.54, 1.807) is 0 Å². The molecular weight excluding hydrogens is 304 g/mol. The molecule has 0 spiro atoms. The molecule has 1 aromatic rings. The number of benzene rings is 1. The molecule has 1 unspecified atom stereocenters. The molecule has 4 heteroatoms. The van der Waals surface area contributed by atoms with Crippen molar-refractivity contribution in [3.63, 3.8) is 0 Å². The summed E-state index contributed by atoms with van der Waals surface area (Å²) in [4.78, 5) is 16.7. The smallest absolute Gasteiger partial charge is 0.253 e. The van der Waals surface area contributed by atoms with Gasteiger partial charge in [-0.2, -0.15) is 0 Å². The summed E-state index contributed by atoms with van der Waals surface area (Å²) < 4.78 is 0.993. The molecule has 1 heterocycles. The Morgan fingerprint density at radius 1 is 1.47 bits per heavy atom. The highest BCUT2D eigenvalue weighted by Gasteiger charge is 2.25. The van der Waals surface area contributed by atoms with Gasteiger partial charge >= 0.3 is 0 Å². The van der Waals surface area contributed by atoms with E-state index in [1.807, 2.05) is 37.1 Å².